The number of imidazole rings is 1. The van der Waals surface area contributed by atoms with Crippen molar-refractivity contribution in [1.29, 1.82) is 0 Å². The number of carbonyl (C=O) groups is 1. The van der Waals surface area contributed by atoms with Crippen LogP contribution in [0.4, 0.5) is 4.39 Å². The van der Waals surface area contributed by atoms with Gasteiger partial charge in [0.2, 0.25) is 10.0 Å². The topological polar surface area (TPSA) is 118 Å². The van der Waals surface area contributed by atoms with E-state index in [4.69, 9.17) is 0 Å². The maximum atomic E-state index is 14.8. The molecule has 0 spiro atoms. The lowest BCUT2D eigenvalue weighted by Gasteiger charge is -2.15. The van der Waals surface area contributed by atoms with Gasteiger partial charge in [0.1, 0.15) is 16.4 Å². The number of nitrogens with one attached hydrogen (secondary N) is 2. The minimum Gasteiger partial charge on any atom is -0.346 e. The molecule has 3 aromatic heterocycles. The van der Waals surface area contributed by atoms with Gasteiger partial charge in [0.25, 0.3) is 5.91 Å². The summed E-state index contributed by atoms with van der Waals surface area (Å²) in [5.74, 6) is -0.903. The largest absolute Gasteiger partial charge is 0.346 e. The Morgan fingerprint density at radius 3 is 2.83 bits per heavy atom. The fraction of sp³-hybridized carbons (Fsp3) is 0.348. The van der Waals surface area contributed by atoms with Crippen LogP contribution in [0.25, 0.3) is 11.0 Å². The molecule has 1 amide bonds. The number of amides is 1. The number of carbonyl (C=O) groups excluding carboxylic acids is 1. The second-order valence-electron chi connectivity index (χ2n) is 9.14. The van der Waals surface area contributed by atoms with Gasteiger partial charge in [-0.2, -0.15) is 9.40 Å². The Bertz CT molecular complexity index is 1580. The molecule has 2 aliphatic rings. The van der Waals surface area contributed by atoms with Crippen LogP contribution < -0.4 is 5.32 Å². The number of sulfonamides is 1. The first-order valence-corrected chi connectivity index (χ1v) is 12.8. The lowest BCUT2D eigenvalue weighted by atomic mass is 10.1. The Hall–Kier alpha value is -3.51. The number of halogens is 1. The van der Waals surface area contributed by atoms with Crippen molar-refractivity contribution < 1.29 is 17.6 Å². The van der Waals surface area contributed by atoms with Crippen molar-refractivity contribution in [3.8, 4) is 0 Å². The van der Waals surface area contributed by atoms with Crippen molar-refractivity contribution in [2.75, 3.05) is 0 Å². The van der Waals surface area contributed by atoms with Crippen molar-refractivity contribution in [1.82, 2.24) is 33.9 Å². The third-order valence-corrected chi connectivity index (χ3v) is 8.88. The number of benzene rings is 1. The highest BCUT2D eigenvalue weighted by Gasteiger charge is 2.35. The van der Waals surface area contributed by atoms with E-state index in [-0.39, 0.29) is 30.2 Å². The summed E-state index contributed by atoms with van der Waals surface area (Å²) in [6.45, 7) is 2.04. The molecule has 0 unspecified atom stereocenters. The molecule has 182 valence electrons. The quantitative estimate of drug-likeness (QED) is 0.424. The van der Waals surface area contributed by atoms with Crippen molar-refractivity contribution >= 4 is 27.0 Å². The van der Waals surface area contributed by atoms with Crippen LogP contribution in [0.2, 0.25) is 0 Å². The lowest BCUT2D eigenvalue weighted by Crippen LogP contribution is -2.26. The third kappa shape index (κ3) is 3.47. The Morgan fingerprint density at radius 2 is 2.09 bits per heavy atom. The van der Waals surface area contributed by atoms with E-state index in [9.17, 15) is 17.6 Å². The van der Waals surface area contributed by atoms with E-state index in [2.05, 4.69) is 20.5 Å². The molecule has 0 atom stereocenters. The zero-order valence-corrected chi connectivity index (χ0v) is 20.1. The number of H-pyrrole nitrogens is 1. The Balaban J connectivity index is 1.26. The van der Waals surface area contributed by atoms with Gasteiger partial charge < -0.3 is 14.5 Å². The van der Waals surface area contributed by atoms with E-state index in [1.54, 1.807) is 37.1 Å². The zero-order valence-electron chi connectivity index (χ0n) is 19.2. The number of hydrogen-bond acceptors (Lipinski definition) is 5. The van der Waals surface area contributed by atoms with Crippen LogP contribution in [0, 0.1) is 12.7 Å². The fourth-order valence-corrected chi connectivity index (χ4v) is 6.38. The molecule has 0 radical (unpaired) electrons. The average Bonchev–Trinajstić information content (AvgIpc) is 3.12. The van der Waals surface area contributed by atoms with E-state index in [1.165, 1.54) is 16.4 Å². The maximum Gasteiger partial charge on any atom is 0.268 e. The van der Waals surface area contributed by atoms with Crippen molar-refractivity contribution in [3.63, 3.8) is 0 Å². The summed E-state index contributed by atoms with van der Waals surface area (Å²) in [6.07, 6.45) is 5.38. The van der Waals surface area contributed by atoms with Crippen LogP contribution >= 0.6 is 0 Å². The van der Waals surface area contributed by atoms with Crippen molar-refractivity contribution in [2.24, 2.45) is 7.05 Å². The number of aromatic amines is 1. The first-order chi connectivity index (χ1) is 16.8. The van der Waals surface area contributed by atoms with Gasteiger partial charge in [-0.25, -0.2) is 17.8 Å². The highest BCUT2D eigenvalue weighted by molar-refractivity contribution is 7.89. The van der Waals surface area contributed by atoms with Crippen LogP contribution in [0.3, 0.4) is 0 Å². The summed E-state index contributed by atoms with van der Waals surface area (Å²) in [7, 11) is -2.19. The van der Waals surface area contributed by atoms with Gasteiger partial charge in [0.15, 0.2) is 0 Å². The smallest absolute Gasteiger partial charge is 0.268 e. The third-order valence-electron chi connectivity index (χ3n) is 6.98. The van der Waals surface area contributed by atoms with E-state index in [0.29, 0.717) is 28.3 Å². The van der Waals surface area contributed by atoms with E-state index >= 15 is 0 Å². The van der Waals surface area contributed by atoms with Crippen LogP contribution in [0.15, 0.2) is 35.6 Å². The van der Waals surface area contributed by atoms with Gasteiger partial charge >= 0.3 is 0 Å². The molecule has 0 bridgehead atoms. The van der Waals surface area contributed by atoms with Crippen molar-refractivity contribution in [3.05, 3.63) is 64.7 Å². The monoisotopic (exact) mass is 497 g/mol. The molecule has 35 heavy (non-hydrogen) atoms. The fourth-order valence-electron chi connectivity index (χ4n) is 4.72. The number of rotatable bonds is 6. The van der Waals surface area contributed by atoms with Gasteiger partial charge in [-0.15, -0.1) is 0 Å². The highest BCUT2D eigenvalue weighted by atomic mass is 32.2. The highest BCUT2D eigenvalue weighted by Crippen LogP contribution is 2.38. The minimum atomic E-state index is -3.83. The van der Waals surface area contributed by atoms with E-state index < -0.39 is 21.7 Å². The molecule has 4 heterocycles. The number of aromatic nitrogens is 5. The molecule has 10 nitrogen and oxygen atoms in total. The first-order valence-electron chi connectivity index (χ1n) is 11.4. The number of hydrogen-bond donors (Lipinski definition) is 2. The minimum absolute atomic E-state index is 0.0412. The van der Waals surface area contributed by atoms with Gasteiger partial charge in [0.05, 0.1) is 35.8 Å². The zero-order chi connectivity index (χ0) is 24.5. The SMILES string of the molecule is Cc1c(S(=O)(=O)N2Cc3cn[nH]c3C2)cc(C(=O)NCc2c(F)ccc3ncn(C4CC4)c23)n1C. The first kappa shape index (κ1) is 22.0. The van der Waals surface area contributed by atoms with Gasteiger partial charge in [-0.3, -0.25) is 9.89 Å². The molecule has 0 saturated heterocycles. The molecule has 1 saturated carbocycles. The second kappa shape index (κ2) is 7.75. The molecule has 12 heteroatoms. The standard InChI is InChI=1S/C23H24FN7O3S/c1-13-21(35(33,34)30-10-14-8-27-28-19(14)11-30)7-20(29(13)2)23(32)25-9-16-17(24)5-6-18-22(16)31(12-26-18)15-3-4-15/h5-8,12,15H,3-4,9-11H2,1-2H3,(H,25,32)(H,27,28). The summed E-state index contributed by atoms with van der Waals surface area (Å²) in [5, 5.41) is 9.54. The van der Waals surface area contributed by atoms with Gasteiger partial charge in [-0.1, -0.05) is 0 Å². The Morgan fingerprint density at radius 1 is 1.29 bits per heavy atom. The molecule has 4 aromatic rings. The maximum absolute atomic E-state index is 14.8. The summed E-state index contributed by atoms with van der Waals surface area (Å²) in [5.41, 5.74) is 3.96. The molecular formula is C23H24FN7O3S. The molecule has 1 aliphatic carbocycles. The summed E-state index contributed by atoms with van der Waals surface area (Å²) in [6, 6.07) is 4.68. The van der Waals surface area contributed by atoms with Crippen LogP contribution in [0.1, 0.15) is 51.9 Å². The summed E-state index contributed by atoms with van der Waals surface area (Å²) in [4.78, 5) is 17.6. The molecular weight excluding hydrogens is 473 g/mol. The molecule has 2 N–H and O–H groups in total. The summed E-state index contributed by atoms with van der Waals surface area (Å²) >= 11 is 0. The summed E-state index contributed by atoms with van der Waals surface area (Å²) < 4.78 is 46.4. The molecule has 1 fully saturated rings. The molecule has 1 aromatic carbocycles. The Labute approximate surface area is 200 Å². The van der Waals surface area contributed by atoms with Crippen LogP contribution in [-0.2, 0) is 36.7 Å². The average molecular weight is 498 g/mol. The normalized spacial score (nSPS) is 16.2. The second-order valence-corrected chi connectivity index (χ2v) is 11.1. The lowest BCUT2D eigenvalue weighted by molar-refractivity contribution is 0.0942. The number of fused-ring (bicyclic) bond motifs is 2. The number of nitrogens with zero attached hydrogens (tertiary/aromatic N) is 5. The van der Waals surface area contributed by atoms with Gasteiger partial charge in [0, 0.05) is 43.0 Å². The van der Waals surface area contributed by atoms with Crippen LogP contribution in [-0.4, -0.2) is 42.9 Å². The van der Waals surface area contributed by atoms with Gasteiger partial charge in [-0.05, 0) is 38.0 Å². The predicted molar refractivity (Wildman–Crippen MR) is 124 cm³/mol. The predicted octanol–water partition coefficient (Wildman–Crippen LogP) is 2.51. The molecule has 6 rings (SSSR count). The molecule has 1 aliphatic heterocycles. The van der Waals surface area contributed by atoms with Crippen molar-refractivity contribution in [2.45, 2.75) is 50.3 Å². The Kier molecular flexibility index (Phi) is 4.87. The van der Waals surface area contributed by atoms with E-state index in [0.717, 1.165) is 24.1 Å². The van der Waals surface area contributed by atoms with E-state index in [1.807, 2.05) is 4.57 Å². The van der Waals surface area contributed by atoms with Crippen LogP contribution in [0.5, 0.6) is 0 Å².